The average molecular weight is 413 g/mol. The molecule has 2 N–H and O–H groups in total. The van der Waals surface area contributed by atoms with Crippen molar-refractivity contribution in [3.8, 4) is 0 Å². The highest BCUT2D eigenvalue weighted by molar-refractivity contribution is 6.30. The summed E-state index contributed by atoms with van der Waals surface area (Å²) in [6, 6.07) is 8.11. The highest BCUT2D eigenvalue weighted by Gasteiger charge is 2.50. The second-order valence-corrected chi connectivity index (χ2v) is 8.75. The maximum absolute atomic E-state index is 13.3. The third kappa shape index (κ3) is 4.00. The van der Waals surface area contributed by atoms with E-state index in [1.165, 1.54) is 24.8 Å². The molecule has 1 aromatic rings. The Hall–Kier alpha value is -0.810. The SMILES string of the molecule is Cl.O=C(NCC1(c2cccc(Cl)c2)CCOCC1)[C@@]12CCCC[C@H]1CNC2. The highest BCUT2D eigenvalue weighted by atomic mass is 35.5. The lowest BCUT2D eigenvalue weighted by molar-refractivity contribution is -0.134. The third-order valence-corrected chi connectivity index (χ3v) is 7.20. The smallest absolute Gasteiger partial charge is 0.227 e. The second kappa shape index (κ2) is 8.69. The van der Waals surface area contributed by atoms with Gasteiger partial charge in [0.05, 0.1) is 5.41 Å². The zero-order valence-corrected chi connectivity index (χ0v) is 17.3. The van der Waals surface area contributed by atoms with E-state index >= 15 is 0 Å². The molecule has 1 aliphatic carbocycles. The van der Waals surface area contributed by atoms with Gasteiger partial charge in [-0.1, -0.05) is 36.6 Å². The molecule has 27 heavy (non-hydrogen) atoms. The van der Waals surface area contributed by atoms with Gasteiger partial charge in [-0.2, -0.15) is 0 Å². The quantitative estimate of drug-likeness (QED) is 0.792. The van der Waals surface area contributed by atoms with Crippen molar-refractivity contribution in [2.24, 2.45) is 11.3 Å². The van der Waals surface area contributed by atoms with E-state index in [0.29, 0.717) is 12.5 Å². The van der Waals surface area contributed by atoms with Crippen molar-refractivity contribution in [3.05, 3.63) is 34.9 Å². The van der Waals surface area contributed by atoms with Crippen LogP contribution in [0.3, 0.4) is 0 Å². The minimum atomic E-state index is -0.195. The third-order valence-electron chi connectivity index (χ3n) is 6.96. The van der Waals surface area contributed by atoms with Crippen LogP contribution in [0, 0.1) is 11.3 Å². The second-order valence-electron chi connectivity index (χ2n) is 8.32. The van der Waals surface area contributed by atoms with Crippen LogP contribution in [-0.4, -0.2) is 38.8 Å². The molecule has 150 valence electrons. The lowest BCUT2D eigenvalue weighted by atomic mass is 9.67. The number of fused-ring (bicyclic) bond motifs is 1. The van der Waals surface area contributed by atoms with Gasteiger partial charge in [0.1, 0.15) is 0 Å². The number of carbonyl (C=O) groups is 1. The van der Waals surface area contributed by atoms with Gasteiger partial charge in [-0.3, -0.25) is 4.79 Å². The first-order chi connectivity index (χ1) is 12.6. The zero-order chi connectivity index (χ0) is 18.0. The van der Waals surface area contributed by atoms with Crippen LogP contribution >= 0.6 is 24.0 Å². The molecule has 6 heteroatoms. The van der Waals surface area contributed by atoms with Crippen LogP contribution in [-0.2, 0) is 14.9 Å². The first kappa shape index (κ1) is 20.9. The van der Waals surface area contributed by atoms with Crippen LogP contribution in [0.25, 0.3) is 0 Å². The molecule has 1 aromatic carbocycles. The number of hydrogen-bond donors (Lipinski definition) is 2. The number of hydrogen-bond acceptors (Lipinski definition) is 3. The first-order valence-electron chi connectivity index (χ1n) is 9.98. The van der Waals surface area contributed by atoms with Gasteiger partial charge in [0, 0.05) is 36.7 Å². The van der Waals surface area contributed by atoms with Crippen molar-refractivity contribution in [1.29, 1.82) is 0 Å². The molecule has 0 radical (unpaired) electrons. The van der Waals surface area contributed by atoms with E-state index in [-0.39, 0.29) is 29.1 Å². The number of amides is 1. The number of nitrogens with one attached hydrogen (secondary N) is 2. The Labute approximate surface area is 173 Å². The largest absolute Gasteiger partial charge is 0.381 e. The Morgan fingerprint density at radius 3 is 2.85 bits per heavy atom. The molecular weight excluding hydrogens is 383 g/mol. The number of ether oxygens (including phenoxy) is 1. The van der Waals surface area contributed by atoms with Crippen LogP contribution < -0.4 is 10.6 Å². The van der Waals surface area contributed by atoms with E-state index < -0.39 is 0 Å². The fourth-order valence-corrected chi connectivity index (χ4v) is 5.45. The summed E-state index contributed by atoms with van der Waals surface area (Å²) in [5.41, 5.74) is 0.945. The molecule has 0 unspecified atom stereocenters. The molecule has 0 spiro atoms. The summed E-state index contributed by atoms with van der Waals surface area (Å²) in [7, 11) is 0. The zero-order valence-electron chi connectivity index (χ0n) is 15.8. The van der Waals surface area contributed by atoms with Crippen LogP contribution in [0.5, 0.6) is 0 Å². The van der Waals surface area contributed by atoms with Crippen molar-refractivity contribution >= 4 is 29.9 Å². The van der Waals surface area contributed by atoms with Crippen molar-refractivity contribution < 1.29 is 9.53 Å². The normalized spacial score (nSPS) is 29.4. The molecule has 1 amide bonds. The Morgan fingerprint density at radius 1 is 1.26 bits per heavy atom. The maximum atomic E-state index is 13.3. The molecule has 2 atom stereocenters. The van der Waals surface area contributed by atoms with Gasteiger partial charge in [0.25, 0.3) is 0 Å². The molecule has 1 saturated carbocycles. The summed E-state index contributed by atoms with van der Waals surface area (Å²) >= 11 is 6.26. The summed E-state index contributed by atoms with van der Waals surface area (Å²) < 4.78 is 5.61. The summed E-state index contributed by atoms with van der Waals surface area (Å²) in [6.45, 7) is 3.96. The minimum absolute atomic E-state index is 0. The predicted octanol–water partition coefficient (Wildman–Crippen LogP) is 3.71. The predicted molar refractivity (Wildman–Crippen MR) is 111 cm³/mol. The molecule has 2 heterocycles. The van der Waals surface area contributed by atoms with Gasteiger partial charge in [-0.15, -0.1) is 12.4 Å². The van der Waals surface area contributed by atoms with E-state index in [4.69, 9.17) is 16.3 Å². The molecule has 3 fully saturated rings. The minimum Gasteiger partial charge on any atom is -0.381 e. The fraction of sp³-hybridized carbons (Fsp3) is 0.667. The van der Waals surface area contributed by atoms with E-state index in [1.807, 2.05) is 12.1 Å². The van der Waals surface area contributed by atoms with E-state index in [9.17, 15) is 4.79 Å². The van der Waals surface area contributed by atoms with Crippen LogP contribution in [0.1, 0.15) is 44.1 Å². The van der Waals surface area contributed by atoms with Crippen LogP contribution in [0.2, 0.25) is 5.02 Å². The summed E-state index contributed by atoms with van der Waals surface area (Å²) in [6.07, 6.45) is 6.45. The number of carbonyl (C=O) groups excluding carboxylic acids is 1. The Bertz CT molecular complexity index is 663. The molecule has 4 rings (SSSR count). The molecule has 4 nitrogen and oxygen atoms in total. The Balaban J connectivity index is 0.00000210. The van der Waals surface area contributed by atoms with Crippen LogP contribution in [0.4, 0.5) is 0 Å². The van der Waals surface area contributed by atoms with E-state index in [2.05, 4.69) is 22.8 Å². The lowest BCUT2D eigenvalue weighted by Gasteiger charge is -2.41. The molecule has 3 aliphatic rings. The summed E-state index contributed by atoms with van der Waals surface area (Å²) in [5.74, 6) is 0.744. The summed E-state index contributed by atoms with van der Waals surface area (Å²) in [4.78, 5) is 13.3. The van der Waals surface area contributed by atoms with Gasteiger partial charge in [-0.05, 0) is 55.8 Å². The van der Waals surface area contributed by atoms with Crippen molar-refractivity contribution in [2.45, 2.75) is 43.9 Å². The van der Waals surface area contributed by atoms with Crippen LogP contribution in [0.15, 0.2) is 24.3 Å². The monoisotopic (exact) mass is 412 g/mol. The molecule has 2 aliphatic heterocycles. The van der Waals surface area contributed by atoms with Gasteiger partial charge < -0.3 is 15.4 Å². The lowest BCUT2D eigenvalue weighted by Crippen LogP contribution is -2.52. The van der Waals surface area contributed by atoms with Crippen molar-refractivity contribution in [3.63, 3.8) is 0 Å². The van der Waals surface area contributed by atoms with Crippen molar-refractivity contribution in [1.82, 2.24) is 10.6 Å². The molecule has 0 aromatic heterocycles. The van der Waals surface area contributed by atoms with Gasteiger partial charge in [-0.25, -0.2) is 0 Å². The Kier molecular flexibility index (Phi) is 6.73. The molecule has 0 bridgehead atoms. The van der Waals surface area contributed by atoms with Crippen molar-refractivity contribution in [2.75, 3.05) is 32.8 Å². The summed E-state index contributed by atoms with van der Waals surface area (Å²) in [5, 5.41) is 7.60. The van der Waals surface area contributed by atoms with E-state index in [1.54, 1.807) is 0 Å². The van der Waals surface area contributed by atoms with E-state index in [0.717, 1.165) is 50.6 Å². The standard InChI is InChI=1S/C21H29ClN2O2.ClH/c22-18-6-3-5-16(12-18)20(8-10-26-11-9-20)14-24-19(25)21-7-2-1-4-17(21)13-23-15-21;/h3,5-6,12,17,23H,1-2,4,7-11,13-15H2,(H,24,25);1H/t17-,21+;/m0./s1. The van der Waals surface area contributed by atoms with Gasteiger partial charge >= 0.3 is 0 Å². The molecular formula is C21H30Cl2N2O2. The highest BCUT2D eigenvalue weighted by Crippen LogP contribution is 2.44. The Morgan fingerprint density at radius 2 is 2.07 bits per heavy atom. The fourth-order valence-electron chi connectivity index (χ4n) is 5.26. The topological polar surface area (TPSA) is 50.4 Å². The number of rotatable bonds is 4. The average Bonchev–Trinajstić information content (AvgIpc) is 3.12. The van der Waals surface area contributed by atoms with Gasteiger partial charge in [0.15, 0.2) is 0 Å². The molecule has 2 saturated heterocycles. The van der Waals surface area contributed by atoms with Gasteiger partial charge in [0.2, 0.25) is 5.91 Å². The number of benzene rings is 1. The first-order valence-corrected chi connectivity index (χ1v) is 10.4. The number of halogens is 2. The maximum Gasteiger partial charge on any atom is 0.227 e.